The van der Waals surface area contributed by atoms with Gasteiger partial charge in [0.1, 0.15) is 11.4 Å². The number of rotatable bonds is 5. The summed E-state index contributed by atoms with van der Waals surface area (Å²) in [5.74, 6) is 0.0707. The maximum absolute atomic E-state index is 13.7. The Morgan fingerprint density at radius 3 is 2.26 bits per heavy atom. The van der Waals surface area contributed by atoms with Gasteiger partial charge in [-0.05, 0) is 48.9 Å². The number of imide groups is 1. The van der Waals surface area contributed by atoms with Crippen LogP contribution in [0.4, 0.5) is 5.69 Å². The van der Waals surface area contributed by atoms with Crippen LogP contribution in [0.3, 0.4) is 0 Å². The van der Waals surface area contributed by atoms with Crippen LogP contribution in [0.25, 0.3) is 5.57 Å². The molecule has 6 nitrogen and oxygen atoms in total. The second-order valence-corrected chi connectivity index (χ2v) is 8.19. The molecule has 0 radical (unpaired) electrons. The zero-order valence-corrected chi connectivity index (χ0v) is 18.8. The lowest BCUT2D eigenvalue weighted by Gasteiger charge is -2.36. The lowest BCUT2D eigenvalue weighted by atomic mass is 10.0. The molecular weight excluding hydrogens is 414 g/mol. The number of methoxy groups -OCH3 is 1. The fourth-order valence-electron chi connectivity index (χ4n) is 4.16. The van der Waals surface area contributed by atoms with Crippen molar-refractivity contribution in [3.8, 4) is 5.75 Å². The van der Waals surface area contributed by atoms with Gasteiger partial charge in [0.25, 0.3) is 11.8 Å². The van der Waals surface area contributed by atoms with E-state index in [1.54, 1.807) is 31.4 Å². The van der Waals surface area contributed by atoms with Crippen molar-refractivity contribution in [2.45, 2.75) is 13.8 Å². The van der Waals surface area contributed by atoms with E-state index in [1.165, 1.54) is 4.90 Å². The molecule has 2 aromatic carbocycles. The topological polar surface area (TPSA) is 53.1 Å². The van der Waals surface area contributed by atoms with E-state index >= 15 is 0 Å². The molecule has 1 fully saturated rings. The first-order chi connectivity index (χ1) is 14.9. The van der Waals surface area contributed by atoms with Gasteiger partial charge in [0.2, 0.25) is 0 Å². The molecule has 0 bridgehead atoms. The highest BCUT2D eigenvalue weighted by Gasteiger charge is 2.43. The second-order valence-electron chi connectivity index (χ2n) is 7.75. The number of benzene rings is 2. The standard InChI is InChI=1S/C24H26ClN3O3/c1-4-26-11-13-27(14-12-26)22-21(17-6-9-19(31-3)10-7-17)23(29)28(24(22)30)20-15-18(25)8-5-16(20)2/h5-10,15H,4,11-14H2,1-3H3. The van der Waals surface area contributed by atoms with Crippen molar-refractivity contribution in [1.82, 2.24) is 9.80 Å². The molecule has 4 rings (SSSR count). The fourth-order valence-corrected chi connectivity index (χ4v) is 4.33. The van der Waals surface area contributed by atoms with Gasteiger partial charge < -0.3 is 14.5 Å². The van der Waals surface area contributed by atoms with E-state index in [1.807, 2.05) is 30.0 Å². The number of carbonyl (C=O) groups excluding carboxylic acids is 2. The molecule has 2 heterocycles. The summed E-state index contributed by atoms with van der Waals surface area (Å²) < 4.78 is 5.26. The third kappa shape index (κ3) is 3.93. The Balaban J connectivity index is 1.80. The monoisotopic (exact) mass is 439 g/mol. The summed E-state index contributed by atoms with van der Waals surface area (Å²) >= 11 is 6.20. The zero-order chi connectivity index (χ0) is 22.1. The fraction of sp³-hybridized carbons (Fsp3) is 0.333. The number of halogens is 1. The molecule has 7 heteroatoms. The van der Waals surface area contributed by atoms with Crippen LogP contribution in [0.1, 0.15) is 18.1 Å². The van der Waals surface area contributed by atoms with E-state index in [-0.39, 0.29) is 11.8 Å². The van der Waals surface area contributed by atoms with Crippen molar-refractivity contribution in [3.05, 3.63) is 64.3 Å². The highest BCUT2D eigenvalue weighted by molar-refractivity contribution is 6.45. The molecule has 0 aliphatic carbocycles. The van der Waals surface area contributed by atoms with Crippen molar-refractivity contribution in [2.24, 2.45) is 0 Å². The summed E-state index contributed by atoms with van der Waals surface area (Å²) in [6, 6.07) is 12.5. The number of piperazine rings is 1. The molecule has 0 aromatic heterocycles. The summed E-state index contributed by atoms with van der Waals surface area (Å²) in [6.07, 6.45) is 0. The van der Waals surface area contributed by atoms with Gasteiger partial charge in [0, 0.05) is 31.2 Å². The minimum absolute atomic E-state index is 0.300. The molecule has 0 unspecified atom stereocenters. The normalized spacial score (nSPS) is 17.7. The van der Waals surface area contributed by atoms with E-state index in [4.69, 9.17) is 16.3 Å². The molecule has 2 aliphatic heterocycles. The number of hydrogen-bond acceptors (Lipinski definition) is 5. The molecule has 1 saturated heterocycles. The number of hydrogen-bond donors (Lipinski definition) is 0. The summed E-state index contributed by atoms with van der Waals surface area (Å²) in [4.78, 5) is 33.0. The van der Waals surface area contributed by atoms with Crippen LogP contribution in [0.15, 0.2) is 48.2 Å². The summed E-state index contributed by atoms with van der Waals surface area (Å²) in [7, 11) is 1.60. The minimum atomic E-state index is -0.326. The van der Waals surface area contributed by atoms with E-state index < -0.39 is 0 Å². The van der Waals surface area contributed by atoms with Crippen LogP contribution >= 0.6 is 11.6 Å². The van der Waals surface area contributed by atoms with Crippen molar-refractivity contribution < 1.29 is 14.3 Å². The molecule has 2 aliphatic rings. The smallest absolute Gasteiger partial charge is 0.282 e. The highest BCUT2D eigenvalue weighted by atomic mass is 35.5. The largest absolute Gasteiger partial charge is 0.497 e. The van der Waals surface area contributed by atoms with Crippen LogP contribution in [0.2, 0.25) is 5.02 Å². The van der Waals surface area contributed by atoms with Gasteiger partial charge in [-0.2, -0.15) is 0 Å². The zero-order valence-electron chi connectivity index (χ0n) is 18.0. The lowest BCUT2D eigenvalue weighted by molar-refractivity contribution is -0.120. The van der Waals surface area contributed by atoms with Crippen molar-refractivity contribution in [1.29, 1.82) is 0 Å². The van der Waals surface area contributed by atoms with Crippen LogP contribution in [0, 0.1) is 6.92 Å². The van der Waals surface area contributed by atoms with Crippen LogP contribution in [-0.2, 0) is 9.59 Å². The predicted molar refractivity (Wildman–Crippen MR) is 122 cm³/mol. The molecule has 0 atom stereocenters. The van der Waals surface area contributed by atoms with Crippen LogP contribution in [0.5, 0.6) is 5.75 Å². The Labute approximate surface area is 187 Å². The van der Waals surface area contributed by atoms with E-state index in [2.05, 4.69) is 11.8 Å². The predicted octanol–water partition coefficient (Wildman–Crippen LogP) is 3.58. The SMILES string of the molecule is CCN1CCN(C2=C(c3ccc(OC)cc3)C(=O)N(c3cc(Cl)ccc3C)C2=O)CC1. The van der Waals surface area contributed by atoms with Gasteiger partial charge in [-0.15, -0.1) is 0 Å². The Kier molecular flexibility index (Phi) is 6.03. The molecule has 2 aromatic rings. The highest BCUT2D eigenvalue weighted by Crippen LogP contribution is 2.37. The number of ether oxygens (including phenoxy) is 1. The molecule has 162 valence electrons. The van der Waals surface area contributed by atoms with Crippen LogP contribution in [-0.4, -0.2) is 61.4 Å². The minimum Gasteiger partial charge on any atom is -0.497 e. The maximum atomic E-state index is 13.7. The average Bonchev–Trinajstić information content (AvgIpc) is 3.05. The van der Waals surface area contributed by atoms with Gasteiger partial charge in [0.15, 0.2) is 0 Å². The van der Waals surface area contributed by atoms with Gasteiger partial charge in [-0.3, -0.25) is 9.59 Å². The van der Waals surface area contributed by atoms with Gasteiger partial charge in [-0.1, -0.05) is 36.7 Å². The second kappa shape index (κ2) is 8.73. The van der Waals surface area contributed by atoms with Gasteiger partial charge in [0.05, 0.1) is 18.4 Å². The number of anilines is 1. The number of amides is 2. The van der Waals surface area contributed by atoms with Crippen LogP contribution < -0.4 is 9.64 Å². The van der Waals surface area contributed by atoms with Crippen molar-refractivity contribution >= 4 is 34.7 Å². The molecule has 0 saturated carbocycles. The third-order valence-electron chi connectivity index (χ3n) is 5.99. The van der Waals surface area contributed by atoms with Crippen molar-refractivity contribution in [2.75, 3.05) is 44.7 Å². The summed E-state index contributed by atoms with van der Waals surface area (Å²) in [5, 5.41) is 0.484. The molecule has 0 N–H and O–H groups in total. The Morgan fingerprint density at radius 2 is 1.65 bits per heavy atom. The Hall–Kier alpha value is -2.83. The van der Waals surface area contributed by atoms with Crippen molar-refractivity contribution in [3.63, 3.8) is 0 Å². The van der Waals surface area contributed by atoms with E-state index in [0.717, 1.165) is 25.2 Å². The lowest BCUT2D eigenvalue weighted by Crippen LogP contribution is -2.47. The quantitative estimate of drug-likeness (QED) is 0.666. The number of likely N-dealkylation sites (N-methyl/N-ethyl adjacent to an activating group) is 1. The van der Waals surface area contributed by atoms with E-state index in [0.29, 0.717) is 46.4 Å². The summed E-state index contributed by atoms with van der Waals surface area (Å²) in [6.45, 7) is 8.08. The summed E-state index contributed by atoms with van der Waals surface area (Å²) in [5.41, 5.74) is 2.93. The molecule has 0 spiro atoms. The first-order valence-corrected chi connectivity index (χ1v) is 10.8. The number of carbonyl (C=O) groups is 2. The molecule has 2 amide bonds. The maximum Gasteiger partial charge on any atom is 0.282 e. The van der Waals surface area contributed by atoms with Gasteiger partial charge >= 0.3 is 0 Å². The average molecular weight is 440 g/mol. The molecule has 31 heavy (non-hydrogen) atoms. The van der Waals surface area contributed by atoms with Gasteiger partial charge in [-0.25, -0.2) is 4.90 Å². The Morgan fingerprint density at radius 1 is 0.968 bits per heavy atom. The number of nitrogens with zero attached hydrogens (tertiary/aromatic N) is 3. The third-order valence-corrected chi connectivity index (χ3v) is 6.22. The van der Waals surface area contributed by atoms with E-state index in [9.17, 15) is 9.59 Å². The first kappa shape index (κ1) is 21.4. The molecular formula is C24H26ClN3O3. The Bertz CT molecular complexity index is 1040. The number of aryl methyl sites for hydroxylation is 1. The first-order valence-electron chi connectivity index (χ1n) is 10.5.